The molecule has 104 valence electrons. The summed E-state index contributed by atoms with van der Waals surface area (Å²) in [5.74, 6) is -0.223. The average Bonchev–Trinajstić information content (AvgIpc) is 3.14. The van der Waals surface area contributed by atoms with Crippen molar-refractivity contribution in [2.75, 3.05) is 13.2 Å². The molecule has 1 rings (SSSR count). The van der Waals surface area contributed by atoms with Crippen molar-refractivity contribution in [3.8, 4) is 0 Å². The Morgan fingerprint density at radius 2 is 2.22 bits per heavy atom. The van der Waals surface area contributed by atoms with Crippen molar-refractivity contribution in [2.45, 2.75) is 31.7 Å². The van der Waals surface area contributed by atoms with Crippen molar-refractivity contribution in [1.82, 2.24) is 5.32 Å². The zero-order chi connectivity index (χ0) is 13.5. The summed E-state index contributed by atoms with van der Waals surface area (Å²) in [6.45, 7) is -0.761. The number of halogens is 2. The Hall–Kier alpha value is -1.44. The Bertz CT molecular complexity index is 309. The molecule has 1 unspecified atom stereocenters. The number of amides is 1. The maximum absolute atomic E-state index is 11.7. The molecule has 0 radical (unpaired) electrons. The third kappa shape index (κ3) is 5.26. The van der Waals surface area contributed by atoms with Gasteiger partial charge in [0, 0.05) is 6.42 Å². The Kier molecular flexibility index (Phi) is 5.76. The fourth-order valence-corrected chi connectivity index (χ4v) is 1.51. The molecule has 0 aromatic rings. The first-order chi connectivity index (χ1) is 8.54. The van der Waals surface area contributed by atoms with E-state index < -0.39 is 19.1 Å². The molecule has 0 aromatic heterocycles. The summed E-state index contributed by atoms with van der Waals surface area (Å²) in [5, 5.41) is 14.0. The summed E-state index contributed by atoms with van der Waals surface area (Å²) in [5.41, 5.74) is 5.46. The van der Waals surface area contributed by atoms with E-state index in [2.05, 4.69) is 15.2 Å². The molecule has 1 saturated carbocycles. The number of hydrogen-bond donors (Lipinski definition) is 3. The van der Waals surface area contributed by atoms with Crippen LogP contribution in [0.5, 0.6) is 0 Å². The van der Waals surface area contributed by atoms with Crippen LogP contribution in [0.2, 0.25) is 0 Å². The zero-order valence-corrected chi connectivity index (χ0v) is 9.81. The Morgan fingerprint density at radius 1 is 1.56 bits per heavy atom. The van der Waals surface area contributed by atoms with E-state index in [1.807, 2.05) is 0 Å². The molecule has 1 aliphatic rings. The van der Waals surface area contributed by atoms with Crippen molar-refractivity contribution in [3.05, 3.63) is 0 Å². The van der Waals surface area contributed by atoms with Crippen LogP contribution in [0.25, 0.3) is 0 Å². The van der Waals surface area contributed by atoms with Gasteiger partial charge in [-0.15, -0.1) is 0 Å². The number of nitrogens with one attached hydrogen (secondary N) is 1. The van der Waals surface area contributed by atoms with Gasteiger partial charge >= 0.3 is 0 Å². The quantitative estimate of drug-likeness (QED) is 0.193. The second-order valence-electron chi connectivity index (χ2n) is 4.12. The van der Waals surface area contributed by atoms with Gasteiger partial charge in [-0.3, -0.25) is 4.79 Å². The molecule has 18 heavy (non-hydrogen) atoms. The SMILES string of the molecule is NC(=NO)C(NC(=O)CCOCC(F)F)C1CC1. The van der Waals surface area contributed by atoms with E-state index in [1.54, 1.807) is 0 Å². The maximum atomic E-state index is 11.7. The first kappa shape index (κ1) is 14.6. The summed E-state index contributed by atoms with van der Waals surface area (Å²) >= 11 is 0. The first-order valence-electron chi connectivity index (χ1n) is 5.67. The second kappa shape index (κ2) is 7.10. The van der Waals surface area contributed by atoms with E-state index in [0.29, 0.717) is 0 Å². The highest BCUT2D eigenvalue weighted by atomic mass is 19.3. The molecule has 1 amide bonds. The van der Waals surface area contributed by atoms with Gasteiger partial charge in [0.05, 0.1) is 12.6 Å². The lowest BCUT2D eigenvalue weighted by Gasteiger charge is -2.16. The predicted molar refractivity (Wildman–Crippen MR) is 59.5 cm³/mol. The van der Waals surface area contributed by atoms with E-state index >= 15 is 0 Å². The van der Waals surface area contributed by atoms with Crippen LogP contribution in [0.4, 0.5) is 8.78 Å². The summed E-state index contributed by atoms with van der Waals surface area (Å²) < 4.78 is 28.1. The number of ether oxygens (including phenoxy) is 1. The molecule has 0 aromatic carbocycles. The molecule has 0 heterocycles. The molecule has 1 fully saturated rings. The molecule has 8 heteroatoms. The predicted octanol–water partition coefficient (Wildman–Crippen LogP) is 0.299. The maximum Gasteiger partial charge on any atom is 0.261 e. The van der Waals surface area contributed by atoms with Gasteiger partial charge in [-0.1, -0.05) is 5.16 Å². The van der Waals surface area contributed by atoms with Gasteiger partial charge in [-0.2, -0.15) is 0 Å². The topological polar surface area (TPSA) is 96.9 Å². The summed E-state index contributed by atoms with van der Waals surface area (Å²) in [6.07, 6.45) is -0.759. The first-order valence-corrected chi connectivity index (χ1v) is 5.67. The number of hydrogen-bond acceptors (Lipinski definition) is 4. The summed E-state index contributed by atoms with van der Waals surface area (Å²) in [4.78, 5) is 11.5. The van der Waals surface area contributed by atoms with Crippen LogP contribution < -0.4 is 11.1 Å². The largest absolute Gasteiger partial charge is 0.409 e. The third-order valence-electron chi connectivity index (χ3n) is 2.56. The minimum Gasteiger partial charge on any atom is -0.409 e. The Labute approximate surface area is 103 Å². The minimum atomic E-state index is -2.54. The van der Waals surface area contributed by atoms with E-state index in [9.17, 15) is 13.6 Å². The van der Waals surface area contributed by atoms with Crippen LogP contribution in [0.3, 0.4) is 0 Å². The van der Waals surface area contributed by atoms with E-state index in [4.69, 9.17) is 10.9 Å². The minimum absolute atomic E-state index is 0.0331. The fraction of sp³-hybridized carbons (Fsp3) is 0.800. The second-order valence-corrected chi connectivity index (χ2v) is 4.12. The van der Waals surface area contributed by atoms with Gasteiger partial charge in [0.1, 0.15) is 6.61 Å². The van der Waals surface area contributed by atoms with E-state index in [1.165, 1.54) is 0 Å². The smallest absolute Gasteiger partial charge is 0.261 e. The number of carbonyl (C=O) groups excluding carboxylic acids is 1. The molecule has 1 aliphatic carbocycles. The average molecular weight is 265 g/mol. The van der Waals surface area contributed by atoms with Crippen molar-refractivity contribution < 1.29 is 23.5 Å². The lowest BCUT2D eigenvalue weighted by Crippen LogP contribution is -2.46. The van der Waals surface area contributed by atoms with Crippen LogP contribution in [0.1, 0.15) is 19.3 Å². The van der Waals surface area contributed by atoms with Crippen LogP contribution in [0, 0.1) is 5.92 Å². The van der Waals surface area contributed by atoms with Crippen LogP contribution in [0.15, 0.2) is 5.16 Å². The van der Waals surface area contributed by atoms with Crippen molar-refractivity contribution in [3.63, 3.8) is 0 Å². The van der Waals surface area contributed by atoms with Gasteiger partial charge in [0.2, 0.25) is 5.91 Å². The monoisotopic (exact) mass is 265 g/mol. The zero-order valence-electron chi connectivity index (χ0n) is 9.81. The van der Waals surface area contributed by atoms with Crippen molar-refractivity contribution >= 4 is 11.7 Å². The Morgan fingerprint density at radius 3 is 2.72 bits per heavy atom. The number of carbonyl (C=O) groups is 1. The molecular weight excluding hydrogens is 248 g/mol. The normalized spacial score (nSPS) is 17.8. The highest BCUT2D eigenvalue weighted by molar-refractivity contribution is 5.90. The van der Waals surface area contributed by atoms with Crippen LogP contribution in [-0.4, -0.2) is 42.6 Å². The summed E-state index contributed by atoms with van der Waals surface area (Å²) in [7, 11) is 0. The van der Waals surface area contributed by atoms with Gasteiger partial charge in [0.25, 0.3) is 6.43 Å². The van der Waals surface area contributed by atoms with Crippen molar-refractivity contribution in [1.29, 1.82) is 0 Å². The third-order valence-corrected chi connectivity index (χ3v) is 2.56. The highest BCUT2D eigenvalue weighted by Crippen LogP contribution is 2.32. The Balaban J connectivity index is 2.25. The number of amidine groups is 1. The number of nitrogens with zero attached hydrogens (tertiary/aromatic N) is 1. The molecule has 4 N–H and O–H groups in total. The molecule has 6 nitrogen and oxygen atoms in total. The van der Waals surface area contributed by atoms with Gasteiger partial charge in [0.15, 0.2) is 5.84 Å². The van der Waals surface area contributed by atoms with Gasteiger partial charge < -0.3 is 21.0 Å². The van der Waals surface area contributed by atoms with E-state index in [0.717, 1.165) is 12.8 Å². The number of oxime groups is 1. The van der Waals surface area contributed by atoms with Crippen LogP contribution >= 0.6 is 0 Å². The lowest BCUT2D eigenvalue weighted by atomic mass is 10.1. The number of alkyl halides is 2. The van der Waals surface area contributed by atoms with Crippen LogP contribution in [-0.2, 0) is 9.53 Å². The van der Waals surface area contributed by atoms with Gasteiger partial charge in [-0.05, 0) is 18.8 Å². The molecule has 0 bridgehead atoms. The van der Waals surface area contributed by atoms with Gasteiger partial charge in [-0.25, -0.2) is 8.78 Å². The standard InChI is InChI=1S/C10H17F2N3O3/c11-7(12)5-18-4-3-8(16)14-9(6-1-2-6)10(13)15-17/h6-7,9,17H,1-5H2,(H2,13,15)(H,14,16). The van der Waals surface area contributed by atoms with Crippen molar-refractivity contribution in [2.24, 2.45) is 16.8 Å². The lowest BCUT2D eigenvalue weighted by molar-refractivity contribution is -0.123. The summed E-state index contributed by atoms with van der Waals surface area (Å²) in [6, 6.07) is -0.488. The fourth-order valence-electron chi connectivity index (χ4n) is 1.51. The molecule has 1 atom stereocenters. The molecule has 0 saturated heterocycles. The number of nitrogens with two attached hydrogens (primary N) is 1. The molecular formula is C10H17F2N3O3. The highest BCUT2D eigenvalue weighted by Gasteiger charge is 2.35. The molecule has 0 aliphatic heterocycles. The molecule has 0 spiro atoms. The number of rotatable bonds is 8. The van der Waals surface area contributed by atoms with E-state index in [-0.39, 0.29) is 30.7 Å².